The Morgan fingerprint density at radius 2 is 2.06 bits per heavy atom. The molecule has 17 heavy (non-hydrogen) atoms. The lowest BCUT2D eigenvalue weighted by molar-refractivity contribution is 0.0852. The van der Waals surface area contributed by atoms with Gasteiger partial charge in [-0.05, 0) is 33.6 Å². The van der Waals surface area contributed by atoms with Gasteiger partial charge in [0.15, 0.2) is 0 Å². The zero-order valence-corrected chi connectivity index (χ0v) is 11.8. The molecule has 0 bridgehead atoms. The molecule has 96 valence electrons. The normalized spacial score (nSPS) is 18.6. The van der Waals surface area contributed by atoms with E-state index in [1.807, 2.05) is 11.3 Å². The van der Waals surface area contributed by atoms with Crippen LogP contribution in [0.2, 0.25) is 0 Å². The van der Waals surface area contributed by atoms with E-state index in [9.17, 15) is 0 Å². The maximum absolute atomic E-state index is 6.08. The minimum Gasteiger partial charge on any atom is -0.381 e. The van der Waals surface area contributed by atoms with Crippen molar-refractivity contribution in [3.8, 4) is 0 Å². The second-order valence-corrected chi connectivity index (χ2v) is 6.73. The van der Waals surface area contributed by atoms with Crippen molar-refractivity contribution in [3.63, 3.8) is 0 Å². The van der Waals surface area contributed by atoms with Gasteiger partial charge in [0.2, 0.25) is 0 Å². The molecule has 0 amide bonds. The molecule has 4 heteroatoms. The molecule has 2 heterocycles. The van der Waals surface area contributed by atoms with Crippen LogP contribution in [0, 0.1) is 6.92 Å². The standard InChI is InChI=1S/C13H22N2OS/c1-9-11(8-13(2,3)14)17-12(15-9)10-4-6-16-7-5-10/h10H,4-8,14H2,1-3H3. The smallest absolute Gasteiger partial charge is 0.0963 e. The average Bonchev–Trinajstić information content (AvgIpc) is 2.59. The zero-order valence-electron chi connectivity index (χ0n) is 11.0. The minimum absolute atomic E-state index is 0.149. The Morgan fingerprint density at radius 1 is 1.41 bits per heavy atom. The number of nitrogens with zero attached hydrogens (tertiary/aromatic N) is 1. The molecule has 0 atom stereocenters. The van der Waals surface area contributed by atoms with Gasteiger partial charge in [-0.15, -0.1) is 11.3 Å². The summed E-state index contributed by atoms with van der Waals surface area (Å²) in [6.07, 6.45) is 3.14. The molecule has 1 fully saturated rings. The van der Waals surface area contributed by atoms with Crippen molar-refractivity contribution in [2.45, 2.75) is 51.5 Å². The van der Waals surface area contributed by atoms with Crippen LogP contribution in [0.3, 0.4) is 0 Å². The lowest BCUT2D eigenvalue weighted by Crippen LogP contribution is -2.34. The molecule has 1 aromatic rings. The van der Waals surface area contributed by atoms with Crippen LogP contribution in [0.4, 0.5) is 0 Å². The average molecular weight is 254 g/mol. The van der Waals surface area contributed by atoms with Crippen molar-refractivity contribution >= 4 is 11.3 Å². The lowest BCUT2D eigenvalue weighted by atomic mass is 10.0. The van der Waals surface area contributed by atoms with Gasteiger partial charge in [-0.1, -0.05) is 0 Å². The molecule has 0 saturated carbocycles. The fourth-order valence-electron chi connectivity index (χ4n) is 2.15. The third kappa shape index (κ3) is 3.50. The van der Waals surface area contributed by atoms with E-state index >= 15 is 0 Å². The molecule has 1 aliphatic heterocycles. The highest BCUT2D eigenvalue weighted by molar-refractivity contribution is 7.11. The number of aromatic nitrogens is 1. The molecule has 1 aliphatic rings. The van der Waals surface area contributed by atoms with E-state index < -0.39 is 0 Å². The molecular formula is C13H22N2OS. The van der Waals surface area contributed by atoms with E-state index in [1.54, 1.807) is 0 Å². The fraction of sp³-hybridized carbons (Fsp3) is 0.769. The maximum Gasteiger partial charge on any atom is 0.0963 e. The van der Waals surface area contributed by atoms with E-state index in [-0.39, 0.29) is 5.54 Å². The lowest BCUT2D eigenvalue weighted by Gasteiger charge is -2.19. The van der Waals surface area contributed by atoms with Crippen molar-refractivity contribution < 1.29 is 4.74 Å². The van der Waals surface area contributed by atoms with E-state index in [4.69, 9.17) is 15.5 Å². The van der Waals surface area contributed by atoms with Crippen LogP contribution in [0.5, 0.6) is 0 Å². The Hall–Kier alpha value is -0.450. The zero-order chi connectivity index (χ0) is 12.5. The molecular weight excluding hydrogens is 232 g/mol. The first kappa shape index (κ1) is 13.0. The summed E-state index contributed by atoms with van der Waals surface area (Å²) in [5.74, 6) is 0.599. The number of hydrogen-bond acceptors (Lipinski definition) is 4. The van der Waals surface area contributed by atoms with Gasteiger partial charge in [0, 0.05) is 36.0 Å². The van der Waals surface area contributed by atoms with E-state index in [2.05, 4.69) is 20.8 Å². The molecule has 1 aromatic heterocycles. The molecule has 3 nitrogen and oxygen atoms in total. The summed E-state index contributed by atoms with van der Waals surface area (Å²) >= 11 is 1.85. The second-order valence-electron chi connectivity index (χ2n) is 5.61. The van der Waals surface area contributed by atoms with E-state index in [0.717, 1.165) is 38.2 Å². The van der Waals surface area contributed by atoms with Crippen molar-refractivity contribution in [1.82, 2.24) is 4.98 Å². The molecule has 0 spiro atoms. The summed E-state index contributed by atoms with van der Waals surface area (Å²) in [5.41, 5.74) is 7.10. The van der Waals surface area contributed by atoms with Gasteiger partial charge < -0.3 is 10.5 Å². The first-order valence-corrected chi connectivity index (χ1v) is 7.10. The molecule has 0 aliphatic carbocycles. The highest BCUT2D eigenvalue weighted by atomic mass is 32.1. The second kappa shape index (κ2) is 5.04. The third-order valence-electron chi connectivity index (χ3n) is 3.10. The highest BCUT2D eigenvalue weighted by Gasteiger charge is 2.22. The molecule has 0 aromatic carbocycles. The predicted molar refractivity (Wildman–Crippen MR) is 71.6 cm³/mol. The van der Waals surface area contributed by atoms with E-state index in [0.29, 0.717) is 5.92 Å². The van der Waals surface area contributed by atoms with Crippen LogP contribution < -0.4 is 5.73 Å². The molecule has 1 saturated heterocycles. The van der Waals surface area contributed by atoms with Crippen LogP contribution in [0.15, 0.2) is 0 Å². The highest BCUT2D eigenvalue weighted by Crippen LogP contribution is 2.32. The quantitative estimate of drug-likeness (QED) is 0.902. The Labute approximate surface area is 107 Å². The number of thiazole rings is 1. The van der Waals surface area contributed by atoms with Crippen LogP contribution in [0.1, 0.15) is 48.2 Å². The summed E-state index contributed by atoms with van der Waals surface area (Å²) in [7, 11) is 0. The summed E-state index contributed by atoms with van der Waals surface area (Å²) in [6.45, 7) is 7.99. The van der Waals surface area contributed by atoms with Crippen molar-refractivity contribution in [2.75, 3.05) is 13.2 Å². The third-order valence-corrected chi connectivity index (χ3v) is 4.42. The number of aryl methyl sites for hydroxylation is 1. The van der Waals surface area contributed by atoms with Gasteiger partial charge in [-0.25, -0.2) is 4.98 Å². The number of rotatable bonds is 3. The Morgan fingerprint density at radius 3 is 2.65 bits per heavy atom. The predicted octanol–water partition coefficient (Wildman–Crippen LogP) is 2.63. The van der Waals surface area contributed by atoms with Gasteiger partial charge in [-0.3, -0.25) is 0 Å². The van der Waals surface area contributed by atoms with Crippen LogP contribution in [0.25, 0.3) is 0 Å². The van der Waals surface area contributed by atoms with Crippen LogP contribution in [-0.4, -0.2) is 23.7 Å². The van der Waals surface area contributed by atoms with Gasteiger partial charge in [-0.2, -0.15) is 0 Å². The molecule has 2 N–H and O–H groups in total. The number of nitrogens with two attached hydrogens (primary N) is 1. The molecule has 2 rings (SSSR count). The molecule has 0 unspecified atom stereocenters. The fourth-order valence-corrected chi connectivity index (χ4v) is 3.62. The van der Waals surface area contributed by atoms with Gasteiger partial charge in [0.05, 0.1) is 10.7 Å². The van der Waals surface area contributed by atoms with Crippen molar-refractivity contribution in [2.24, 2.45) is 5.73 Å². The van der Waals surface area contributed by atoms with E-state index in [1.165, 1.54) is 9.88 Å². The summed E-state index contributed by atoms with van der Waals surface area (Å²) in [6, 6.07) is 0. The Balaban J connectivity index is 2.12. The van der Waals surface area contributed by atoms with Crippen LogP contribution >= 0.6 is 11.3 Å². The van der Waals surface area contributed by atoms with Gasteiger partial charge >= 0.3 is 0 Å². The molecule has 0 radical (unpaired) electrons. The summed E-state index contributed by atoms with van der Waals surface area (Å²) < 4.78 is 5.40. The number of hydrogen-bond donors (Lipinski definition) is 1. The monoisotopic (exact) mass is 254 g/mol. The SMILES string of the molecule is Cc1nc(C2CCOCC2)sc1CC(C)(C)N. The van der Waals surface area contributed by atoms with Gasteiger partial charge in [0.1, 0.15) is 0 Å². The van der Waals surface area contributed by atoms with Crippen LogP contribution in [-0.2, 0) is 11.2 Å². The van der Waals surface area contributed by atoms with Gasteiger partial charge in [0.25, 0.3) is 0 Å². The van der Waals surface area contributed by atoms with Crippen molar-refractivity contribution in [1.29, 1.82) is 0 Å². The first-order chi connectivity index (χ1) is 7.96. The topological polar surface area (TPSA) is 48.1 Å². The largest absolute Gasteiger partial charge is 0.381 e. The Bertz CT molecular complexity index is 375. The summed E-state index contributed by atoms with van der Waals surface area (Å²) in [5, 5.41) is 1.28. The minimum atomic E-state index is -0.149. The summed E-state index contributed by atoms with van der Waals surface area (Å²) in [4.78, 5) is 6.07. The first-order valence-electron chi connectivity index (χ1n) is 6.28. The Kier molecular flexibility index (Phi) is 3.85. The van der Waals surface area contributed by atoms with Crippen molar-refractivity contribution in [3.05, 3.63) is 15.6 Å². The maximum atomic E-state index is 6.08. The number of ether oxygens (including phenoxy) is 1.